The Labute approximate surface area is 199 Å². The quantitative estimate of drug-likeness (QED) is 0.601. The zero-order chi connectivity index (χ0) is 24.0. The SMILES string of the molecule is Cc1nc2ccc(-c3cc(C)c4c(c3)CN(C(=O)N3CCC(S(C)(=O)=O)CC3)CCO4)cc2[nH]1. The normalized spacial score (nSPS) is 17.4. The molecule has 0 atom stereocenters. The summed E-state index contributed by atoms with van der Waals surface area (Å²) in [5.41, 5.74) is 6.09. The molecule has 1 N–H and O–H groups in total. The van der Waals surface area contributed by atoms with E-state index in [1.54, 1.807) is 4.90 Å². The van der Waals surface area contributed by atoms with Crippen LogP contribution in [0.25, 0.3) is 22.2 Å². The first-order chi connectivity index (χ1) is 16.2. The number of urea groups is 1. The van der Waals surface area contributed by atoms with Crippen molar-refractivity contribution in [2.75, 3.05) is 32.5 Å². The van der Waals surface area contributed by atoms with Crippen molar-refractivity contribution in [1.82, 2.24) is 19.8 Å². The predicted octanol–water partition coefficient (Wildman–Crippen LogP) is 3.67. The standard InChI is InChI=1S/C25H30N4O4S/c1-16-12-19(18-4-5-22-23(14-18)27-17(2)26-22)13-20-15-29(10-11-33-24(16)20)25(30)28-8-6-21(7-9-28)34(3,31)32/h4-5,12-14,21H,6-11,15H2,1-3H3,(H,26,27). The summed E-state index contributed by atoms with van der Waals surface area (Å²) in [7, 11) is -3.07. The number of sulfone groups is 1. The second kappa shape index (κ2) is 8.61. The molecule has 1 aromatic heterocycles. The number of piperidine rings is 1. The average Bonchev–Trinajstić information content (AvgIpc) is 3.03. The van der Waals surface area contributed by atoms with E-state index in [-0.39, 0.29) is 11.3 Å². The molecular formula is C25H30N4O4S. The van der Waals surface area contributed by atoms with E-state index >= 15 is 0 Å². The lowest BCUT2D eigenvalue weighted by Crippen LogP contribution is -2.48. The number of likely N-dealkylation sites (tertiary alicyclic amines) is 1. The van der Waals surface area contributed by atoms with Gasteiger partial charge in [-0.15, -0.1) is 0 Å². The van der Waals surface area contributed by atoms with Crippen LogP contribution in [-0.2, 0) is 16.4 Å². The summed E-state index contributed by atoms with van der Waals surface area (Å²) in [5, 5.41) is -0.356. The summed E-state index contributed by atoms with van der Waals surface area (Å²) in [6.07, 6.45) is 2.26. The lowest BCUT2D eigenvalue weighted by Gasteiger charge is -2.34. The molecule has 0 spiro atoms. The second-order valence-electron chi connectivity index (χ2n) is 9.40. The number of benzene rings is 2. The van der Waals surface area contributed by atoms with Gasteiger partial charge in [0, 0.05) is 24.9 Å². The summed E-state index contributed by atoms with van der Waals surface area (Å²) in [5.74, 6) is 1.72. The van der Waals surface area contributed by atoms with Crippen molar-refractivity contribution in [3.63, 3.8) is 0 Å². The van der Waals surface area contributed by atoms with Crippen molar-refractivity contribution in [2.45, 2.75) is 38.5 Å². The van der Waals surface area contributed by atoms with Crippen molar-refractivity contribution in [2.24, 2.45) is 0 Å². The Balaban J connectivity index is 1.39. The minimum Gasteiger partial charge on any atom is -0.491 e. The Morgan fingerprint density at radius 2 is 1.82 bits per heavy atom. The number of aromatic nitrogens is 2. The number of H-pyrrole nitrogens is 1. The molecule has 0 aliphatic carbocycles. The predicted molar refractivity (Wildman–Crippen MR) is 132 cm³/mol. The van der Waals surface area contributed by atoms with Gasteiger partial charge in [0.1, 0.15) is 28.0 Å². The number of hydrogen-bond donors (Lipinski definition) is 1. The van der Waals surface area contributed by atoms with Crippen LogP contribution in [0, 0.1) is 13.8 Å². The first-order valence-corrected chi connectivity index (χ1v) is 13.6. The number of imidazole rings is 1. The Bertz CT molecular complexity index is 1360. The monoisotopic (exact) mass is 482 g/mol. The van der Waals surface area contributed by atoms with Crippen molar-refractivity contribution in [3.05, 3.63) is 47.3 Å². The first-order valence-electron chi connectivity index (χ1n) is 11.6. The third-order valence-corrected chi connectivity index (χ3v) is 8.52. The number of aromatic amines is 1. The lowest BCUT2D eigenvalue weighted by molar-refractivity contribution is 0.137. The third-order valence-electron chi connectivity index (χ3n) is 6.84. The van der Waals surface area contributed by atoms with Crippen molar-refractivity contribution in [3.8, 4) is 16.9 Å². The van der Waals surface area contributed by atoms with Crippen LogP contribution in [0.4, 0.5) is 4.79 Å². The Morgan fingerprint density at radius 1 is 1.06 bits per heavy atom. The van der Waals surface area contributed by atoms with Crippen LogP contribution in [0.5, 0.6) is 5.75 Å². The fourth-order valence-electron chi connectivity index (χ4n) is 5.04. The fraction of sp³-hybridized carbons (Fsp3) is 0.440. The number of ether oxygens (including phenoxy) is 1. The summed E-state index contributed by atoms with van der Waals surface area (Å²) in [6.45, 7) is 6.28. The van der Waals surface area contributed by atoms with Gasteiger partial charge in [-0.05, 0) is 67.6 Å². The van der Waals surface area contributed by atoms with Gasteiger partial charge in [0.25, 0.3) is 0 Å². The largest absolute Gasteiger partial charge is 0.491 e. The maximum Gasteiger partial charge on any atom is 0.320 e. The van der Waals surface area contributed by atoms with E-state index in [2.05, 4.69) is 34.2 Å². The number of nitrogens with zero attached hydrogens (tertiary/aromatic N) is 3. The zero-order valence-electron chi connectivity index (χ0n) is 19.8. The highest BCUT2D eigenvalue weighted by Crippen LogP contribution is 2.34. The van der Waals surface area contributed by atoms with Crippen molar-refractivity contribution >= 4 is 26.9 Å². The van der Waals surface area contributed by atoms with Gasteiger partial charge >= 0.3 is 6.03 Å². The van der Waals surface area contributed by atoms with E-state index in [9.17, 15) is 13.2 Å². The van der Waals surface area contributed by atoms with Crippen LogP contribution >= 0.6 is 0 Å². The number of fused-ring (bicyclic) bond motifs is 2. The van der Waals surface area contributed by atoms with Crippen LogP contribution < -0.4 is 4.74 Å². The first kappa shape index (κ1) is 22.7. The Hall–Kier alpha value is -3.07. The van der Waals surface area contributed by atoms with Gasteiger partial charge in [-0.25, -0.2) is 18.2 Å². The van der Waals surface area contributed by atoms with Crippen molar-refractivity contribution in [1.29, 1.82) is 0 Å². The molecule has 2 aliphatic heterocycles. The minimum atomic E-state index is -3.07. The topological polar surface area (TPSA) is 95.6 Å². The molecule has 0 bridgehead atoms. The number of carbonyl (C=O) groups excluding carboxylic acids is 1. The third kappa shape index (κ3) is 4.36. The molecule has 2 aromatic carbocycles. The van der Waals surface area contributed by atoms with E-state index in [4.69, 9.17) is 4.74 Å². The van der Waals surface area contributed by atoms with Crippen LogP contribution in [0.15, 0.2) is 30.3 Å². The molecule has 1 saturated heterocycles. The van der Waals surface area contributed by atoms with E-state index in [0.29, 0.717) is 45.6 Å². The highest BCUT2D eigenvalue weighted by Gasteiger charge is 2.32. The highest BCUT2D eigenvalue weighted by molar-refractivity contribution is 7.91. The van der Waals surface area contributed by atoms with Crippen LogP contribution in [0.1, 0.15) is 29.8 Å². The lowest BCUT2D eigenvalue weighted by atomic mass is 9.98. The summed E-state index contributed by atoms with van der Waals surface area (Å²) in [4.78, 5) is 24.7. The van der Waals surface area contributed by atoms with Crippen LogP contribution in [0.2, 0.25) is 0 Å². The molecule has 5 rings (SSSR count). The zero-order valence-corrected chi connectivity index (χ0v) is 20.6. The molecule has 2 amide bonds. The molecule has 9 heteroatoms. The fourth-order valence-corrected chi connectivity index (χ4v) is 6.10. The molecule has 2 aliphatic rings. The minimum absolute atomic E-state index is 0.0548. The number of aryl methyl sites for hydroxylation is 2. The summed E-state index contributed by atoms with van der Waals surface area (Å²) >= 11 is 0. The molecular weight excluding hydrogens is 452 g/mol. The number of carbonyl (C=O) groups is 1. The maximum absolute atomic E-state index is 13.3. The Morgan fingerprint density at radius 3 is 2.56 bits per heavy atom. The molecule has 180 valence electrons. The molecule has 34 heavy (non-hydrogen) atoms. The Kier molecular flexibility index (Phi) is 5.75. The van der Waals surface area contributed by atoms with E-state index in [1.165, 1.54) is 6.26 Å². The van der Waals surface area contributed by atoms with Gasteiger partial charge in [-0.1, -0.05) is 6.07 Å². The van der Waals surface area contributed by atoms with Crippen LogP contribution in [-0.4, -0.2) is 72.0 Å². The van der Waals surface area contributed by atoms with Gasteiger partial charge in [-0.3, -0.25) is 0 Å². The summed E-state index contributed by atoms with van der Waals surface area (Å²) in [6, 6.07) is 10.4. The molecule has 8 nitrogen and oxygen atoms in total. The van der Waals surface area contributed by atoms with E-state index in [1.807, 2.05) is 24.8 Å². The second-order valence-corrected chi connectivity index (χ2v) is 11.7. The van der Waals surface area contributed by atoms with Gasteiger partial charge in [0.15, 0.2) is 0 Å². The molecule has 1 fully saturated rings. The van der Waals surface area contributed by atoms with Crippen molar-refractivity contribution < 1.29 is 17.9 Å². The summed E-state index contributed by atoms with van der Waals surface area (Å²) < 4.78 is 29.8. The average molecular weight is 483 g/mol. The van der Waals surface area contributed by atoms with E-state index in [0.717, 1.165) is 44.9 Å². The van der Waals surface area contributed by atoms with Gasteiger partial charge in [-0.2, -0.15) is 0 Å². The number of hydrogen-bond acceptors (Lipinski definition) is 5. The van der Waals surface area contributed by atoms with Gasteiger partial charge in [0.05, 0.1) is 29.4 Å². The van der Waals surface area contributed by atoms with Crippen LogP contribution in [0.3, 0.4) is 0 Å². The molecule has 3 heterocycles. The number of amides is 2. The van der Waals surface area contributed by atoms with Gasteiger partial charge < -0.3 is 19.5 Å². The number of nitrogens with one attached hydrogen (secondary N) is 1. The smallest absolute Gasteiger partial charge is 0.320 e. The number of rotatable bonds is 2. The van der Waals surface area contributed by atoms with Gasteiger partial charge in [0.2, 0.25) is 0 Å². The molecule has 0 saturated carbocycles. The maximum atomic E-state index is 13.3. The molecule has 3 aromatic rings. The highest BCUT2D eigenvalue weighted by atomic mass is 32.2. The molecule has 0 radical (unpaired) electrons. The van der Waals surface area contributed by atoms with E-state index < -0.39 is 9.84 Å². The molecule has 0 unspecified atom stereocenters.